The van der Waals surface area contributed by atoms with Gasteiger partial charge in [0.05, 0.1) is 20.3 Å². The summed E-state index contributed by atoms with van der Waals surface area (Å²) in [5, 5.41) is 0. The number of quaternary nitrogens is 2. The van der Waals surface area contributed by atoms with Crippen molar-refractivity contribution < 1.29 is 44.1 Å². The molecule has 2 aromatic carbocycles. The molecule has 1 fully saturated rings. The Morgan fingerprint density at radius 3 is 2.15 bits per heavy atom. The first kappa shape index (κ1) is 23.6. The summed E-state index contributed by atoms with van der Waals surface area (Å²) in [5.41, 5.74) is 2.69. The number of piperazine rings is 1. The fourth-order valence-electron chi connectivity index (χ4n) is 3.84. The normalized spacial score (nSPS) is 20.0. The van der Waals surface area contributed by atoms with Crippen LogP contribution in [0.25, 0.3) is 0 Å². The Morgan fingerprint density at radius 2 is 1.56 bits per heavy atom. The van der Waals surface area contributed by atoms with E-state index in [1.54, 1.807) is 19.1 Å². The van der Waals surface area contributed by atoms with Gasteiger partial charge in [-0.15, -0.1) is 0 Å². The van der Waals surface area contributed by atoms with Crippen LogP contribution in [0.1, 0.15) is 12.5 Å². The van der Waals surface area contributed by atoms with Gasteiger partial charge in [0.15, 0.2) is 11.4 Å². The molecule has 1 saturated heterocycles. The average molecular weight is 413 g/mol. The lowest BCUT2D eigenvalue weighted by Crippen LogP contribution is -3.28. The van der Waals surface area contributed by atoms with Gasteiger partial charge in [0.1, 0.15) is 31.9 Å². The van der Waals surface area contributed by atoms with Crippen molar-refractivity contribution in [1.29, 1.82) is 0 Å². The summed E-state index contributed by atoms with van der Waals surface area (Å²) < 4.78 is 10.9. The quantitative estimate of drug-likeness (QED) is 0.496. The summed E-state index contributed by atoms with van der Waals surface area (Å²) in [5.74, 6) is 1.77. The van der Waals surface area contributed by atoms with Crippen LogP contribution in [0, 0.1) is 0 Å². The monoisotopic (exact) mass is 412 g/mol. The number of ether oxygens (including phenoxy) is 2. The minimum Gasteiger partial charge on any atom is -1.00 e. The molecule has 2 N–H and O–H groups in total. The SMILES string of the molecule is COc1ccc([NH+]2CC[NH+](C(C)Cc3ccccc3)CC2)c(OC)c1.[Cl-].[Cl-]. The van der Waals surface area contributed by atoms with E-state index in [0.717, 1.165) is 31.0 Å². The largest absolute Gasteiger partial charge is 1.00 e. The van der Waals surface area contributed by atoms with E-state index in [1.165, 1.54) is 29.2 Å². The first-order valence-corrected chi connectivity index (χ1v) is 9.17. The number of hydrogen-bond acceptors (Lipinski definition) is 2. The lowest BCUT2D eigenvalue weighted by Gasteiger charge is -2.33. The third-order valence-electron chi connectivity index (χ3n) is 5.37. The summed E-state index contributed by atoms with van der Waals surface area (Å²) in [6.45, 7) is 7.03. The number of rotatable bonds is 6. The van der Waals surface area contributed by atoms with Crippen LogP contribution < -0.4 is 44.1 Å². The van der Waals surface area contributed by atoms with Gasteiger partial charge < -0.3 is 39.2 Å². The molecule has 0 bridgehead atoms. The number of nitrogens with one attached hydrogen (secondary N) is 2. The van der Waals surface area contributed by atoms with Gasteiger partial charge in [-0.2, -0.15) is 0 Å². The molecular formula is C21H30Cl2N2O2. The van der Waals surface area contributed by atoms with E-state index in [2.05, 4.69) is 43.3 Å². The van der Waals surface area contributed by atoms with Gasteiger partial charge in [-0.3, -0.25) is 4.90 Å². The van der Waals surface area contributed by atoms with Crippen LogP contribution in [-0.2, 0) is 6.42 Å². The second-order valence-corrected chi connectivity index (χ2v) is 6.92. The Kier molecular flexibility index (Phi) is 9.95. The zero-order valence-corrected chi connectivity index (χ0v) is 17.8. The zero-order chi connectivity index (χ0) is 17.6. The van der Waals surface area contributed by atoms with Gasteiger partial charge >= 0.3 is 0 Å². The molecule has 0 aliphatic carbocycles. The maximum absolute atomic E-state index is 5.59. The summed E-state index contributed by atoms with van der Waals surface area (Å²) in [4.78, 5) is 3.22. The molecule has 150 valence electrons. The van der Waals surface area contributed by atoms with Gasteiger partial charge in [0.2, 0.25) is 0 Å². The molecule has 0 amide bonds. The second-order valence-electron chi connectivity index (χ2n) is 6.92. The van der Waals surface area contributed by atoms with E-state index in [1.807, 2.05) is 12.1 Å². The summed E-state index contributed by atoms with van der Waals surface area (Å²) in [6.07, 6.45) is 1.15. The minimum atomic E-state index is 0. The summed E-state index contributed by atoms with van der Waals surface area (Å²) in [6, 6.07) is 17.6. The third kappa shape index (κ3) is 6.01. The molecule has 1 aliphatic rings. The fourth-order valence-corrected chi connectivity index (χ4v) is 3.84. The highest BCUT2D eigenvalue weighted by Gasteiger charge is 2.29. The van der Waals surface area contributed by atoms with Gasteiger partial charge in [0, 0.05) is 18.6 Å². The number of halogens is 2. The molecule has 1 atom stereocenters. The molecule has 0 saturated carbocycles. The Hall–Kier alpha value is -1.46. The van der Waals surface area contributed by atoms with E-state index in [0.29, 0.717) is 6.04 Å². The molecule has 6 heteroatoms. The first-order valence-electron chi connectivity index (χ1n) is 9.17. The van der Waals surface area contributed by atoms with E-state index < -0.39 is 0 Å². The van der Waals surface area contributed by atoms with Crippen LogP contribution in [0.3, 0.4) is 0 Å². The van der Waals surface area contributed by atoms with Crippen molar-refractivity contribution in [2.75, 3.05) is 40.4 Å². The van der Waals surface area contributed by atoms with Crippen LogP contribution in [0.5, 0.6) is 11.5 Å². The predicted molar refractivity (Wildman–Crippen MR) is 100 cm³/mol. The molecule has 3 rings (SSSR count). The Bertz CT molecular complexity index is 677. The van der Waals surface area contributed by atoms with Crippen LogP contribution in [0.15, 0.2) is 48.5 Å². The lowest BCUT2D eigenvalue weighted by molar-refractivity contribution is -1.000. The van der Waals surface area contributed by atoms with Crippen molar-refractivity contribution in [3.05, 3.63) is 54.1 Å². The van der Waals surface area contributed by atoms with Crippen molar-refractivity contribution in [3.63, 3.8) is 0 Å². The number of benzene rings is 2. The summed E-state index contributed by atoms with van der Waals surface area (Å²) in [7, 11) is 3.43. The van der Waals surface area contributed by atoms with Crippen molar-refractivity contribution in [3.8, 4) is 11.5 Å². The molecule has 2 aromatic rings. The highest BCUT2D eigenvalue weighted by molar-refractivity contribution is 5.50. The molecule has 4 nitrogen and oxygen atoms in total. The Labute approximate surface area is 175 Å². The van der Waals surface area contributed by atoms with Crippen molar-refractivity contribution in [2.45, 2.75) is 19.4 Å². The number of hydrogen-bond donors (Lipinski definition) is 2. The molecular weight excluding hydrogens is 383 g/mol. The van der Waals surface area contributed by atoms with Crippen LogP contribution in [0.4, 0.5) is 5.69 Å². The average Bonchev–Trinajstić information content (AvgIpc) is 2.68. The minimum absolute atomic E-state index is 0. The first-order chi connectivity index (χ1) is 12.2. The van der Waals surface area contributed by atoms with Gasteiger partial charge in [-0.05, 0) is 18.6 Å². The lowest BCUT2D eigenvalue weighted by atomic mass is 10.1. The zero-order valence-electron chi connectivity index (χ0n) is 16.3. The summed E-state index contributed by atoms with van der Waals surface area (Å²) >= 11 is 0. The molecule has 0 spiro atoms. The maximum atomic E-state index is 5.59. The van der Waals surface area contributed by atoms with Gasteiger partial charge in [-0.25, -0.2) is 0 Å². The smallest absolute Gasteiger partial charge is 0.183 e. The standard InChI is InChI=1S/C21H28N2O2.2ClH/c1-17(15-18-7-5-4-6-8-18)22-11-13-23(14-12-22)20-10-9-19(24-2)16-21(20)25-3;;/h4-10,16-17H,11-15H2,1-3H3;2*1H. The van der Waals surface area contributed by atoms with Crippen molar-refractivity contribution >= 4 is 5.69 Å². The highest BCUT2D eigenvalue weighted by atomic mass is 35.5. The van der Waals surface area contributed by atoms with Gasteiger partial charge in [-0.1, -0.05) is 30.3 Å². The van der Waals surface area contributed by atoms with E-state index in [4.69, 9.17) is 9.47 Å². The van der Waals surface area contributed by atoms with Crippen LogP contribution in [0.2, 0.25) is 0 Å². The van der Waals surface area contributed by atoms with Crippen LogP contribution >= 0.6 is 0 Å². The molecule has 0 aromatic heterocycles. The highest BCUT2D eigenvalue weighted by Crippen LogP contribution is 2.26. The Balaban J connectivity index is 0.00000182. The van der Waals surface area contributed by atoms with Crippen molar-refractivity contribution in [1.82, 2.24) is 0 Å². The van der Waals surface area contributed by atoms with E-state index >= 15 is 0 Å². The molecule has 0 radical (unpaired) electrons. The maximum Gasteiger partial charge on any atom is 0.183 e. The second kappa shape index (κ2) is 11.4. The Morgan fingerprint density at radius 1 is 0.889 bits per heavy atom. The predicted octanol–water partition coefficient (Wildman–Crippen LogP) is -5.24. The van der Waals surface area contributed by atoms with Gasteiger partial charge in [0.25, 0.3) is 0 Å². The topological polar surface area (TPSA) is 27.3 Å². The molecule has 1 aliphatic heterocycles. The van der Waals surface area contributed by atoms with Crippen molar-refractivity contribution in [2.24, 2.45) is 0 Å². The van der Waals surface area contributed by atoms with E-state index in [9.17, 15) is 0 Å². The van der Waals surface area contributed by atoms with Crippen LogP contribution in [-0.4, -0.2) is 46.4 Å². The molecule has 1 heterocycles. The van der Waals surface area contributed by atoms with E-state index in [-0.39, 0.29) is 24.8 Å². The molecule has 27 heavy (non-hydrogen) atoms. The molecule has 1 unspecified atom stereocenters. The number of methoxy groups -OCH3 is 2. The fraction of sp³-hybridized carbons (Fsp3) is 0.429. The third-order valence-corrected chi connectivity index (χ3v) is 5.37.